The van der Waals surface area contributed by atoms with Crippen molar-refractivity contribution < 1.29 is 20.1 Å². The molecule has 0 radical (unpaired) electrons. The average molecular weight is 405 g/mol. The third-order valence-electron chi connectivity index (χ3n) is 8.07. The number of carbonyl (C=O) groups is 1. The Balaban J connectivity index is 1.57. The highest BCUT2D eigenvalue weighted by Crippen LogP contribution is 2.51. The van der Waals surface area contributed by atoms with Gasteiger partial charge >= 0.3 is 5.97 Å². The third kappa shape index (κ3) is 5.52. The first kappa shape index (κ1) is 22.6. The standard InChI is InChI=1S/C25H40O4/c1-25(2,19-9-4-3-5-10-19)23(27)13-12-20-21-15-17(8-6-7-11-24(28)29)14-18(21)16-22(20)26/h8,12-13,18-23,26-27H,3-7,9-11,14-16H2,1-2H3,(H,28,29)/t18-,20-,21+,22-,23+/m1/s1. The molecule has 4 nitrogen and oxygen atoms in total. The van der Waals surface area contributed by atoms with E-state index in [4.69, 9.17) is 5.11 Å². The molecule has 3 aliphatic carbocycles. The lowest BCUT2D eigenvalue weighted by Gasteiger charge is -2.39. The number of aliphatic hydroxyl groups is 2. The van der Waals surface area contributed by atoms with Crippen LogP contribution in [0.5, 0.6) is 0 Å². The van der Waals surface area contributed by atoms with Gasteiger partial charge in [0.2, 0.25) is 0 Å². The summed E-state index contributed by atoms with van der Waals surface area (Å²) >= 11 is 0. The van der Waals surface area contributed by atoms with Crippen LogP contribution in [0, 0.1) is 29.1 Å². The summed E-state index contributed by atoms with van der Waals surface area (Å²) in [5, 5.41) is 30.3. The van der Waals surface area contributed by atoms with Crippen molar-refractivity contribution in [1.29, 1.82) is 0 Å². The van der Waals surface area contributed by atoms with Crippen molar-refractivity contribution >= 4 is 5.97 Å². The lowest BCUT2D eigenvalue weighted by Crippen LogP contribution is -2.36. The number of aliphatic carboxylic acids is 1. The van der Waals surface area contributed by atoms with Gasteiger partial charge in [0.15, 0.2) is 0 Å². The van der Waals surface area contributed by atoms with Crippen LogP contribution in [-0.4, -0.2) is 33.5 Å². The number of aliphatic hydroxyl groups excluding tert-OH is 2. The van der Waals surface area contributed by atoms with Crippen LogP contribution >= 0.6 is 0 Å². The van der Waals surface area contributed by atoms with Gasteiger partial charge in [0.25, 0.3) is 0 Å². The second-order valence-electron chi connectivity index (χ2n) is 10.3. The number of carboxylic acids is 1. The molecule has 0 aromatic rings. The fraction of sp³-hybridized carbons (Fsp3) is 0.800. The van der Waals surface area contributed by atoms with E-state index in [2.05, 4.69) is 26.0 Å². The monoisotopic (exact) mass is 404 g/mol. The molecule has 3 saturated carbocycles. The van der Waals surface area contributed by atoms with Gasteiger partial charge in [0.05, 0.1) is 12.2 Å². The van der Waals surface area contributed by atoms with Gasteiger partial charge in [-0.25, -0.2) is 0 Å². The number of allylic oxidation sites excluding steroid dienone is 2. The Morgan fingerprint density at radius 3 is 2.62 bits per heavy atom. The number of carboxylic acid groups (broad SMARTS) is 1. The van der Waals surface area contributed by atoms with Crippen LogP contribution in [0.25, 0.3) is 0 Å². The van der Waals surface area contributed by atoms with E-state index in [-0.39, 0.29) is 23.9 Å². The fourth-order valence-electron chi connectivity index (χ4n) is 6.07. The Hall–Kier alpha value is -1.13. The first-order valence-corrected chi connectivity index (χ1v) is 11.7. The SMILES string of the molecule is CC(C)(C1CCCCC1)[C@@H](O)C=C[C@@H]1[C@H]2CC(=CCCCC(=O)O)C[C@@H]2C[C@H]1O. The molecule has 3 fully saturated rings. The molecule has 29 heavy (non-hydrogen) atoms. The highest BCUT2D eigenvalue weighted by Gasteiger charge is 2.45. The molecule has 3 aliphatic rings. The van der Waals surface area contributed by atoms with E-state index in [9.17, 15) is 15.0 Å². The predicted octanol–water partition coefficient (Wildman–Crippen LogP) is 5.10. The molecule has 0 aromatic carbocycles. The molecule has 0 spiro atoms. The minimum absolute atomic E-state index is 0.120. The van der Waals surface area contributed by atoms with Crippen LogP contribution in [0.15, 0.2) is 23.8 Å². The van der Waals surface area contributed by atoms with E-state index in [1.165, 1.54) is 37.7 Å². The van der Waals surface area contributed by atoms with Gasteiger partial charge in [-0.1, -0.05) is 56.9 Å². The molecule has 3 N–H and O–H groups in total. The van der Waals surface area contributed by atoms with Crippen LogP contribution in [0.3, 0.4) is 0 Å². The minimum atomic E-state index is -0.727. The Bertz CT molecular complexity index is 614. The summed E-state index contributed by atoms with van der Waals surface area (Å²) in [5.74, 6) is 0.950. The predicted molar refractivity (Wildman–Crippen MR) is 115 cm³/mol. The Morgan fingerprint density at radius 1 is 1.21 bits per heavy atom. The summed E-state index contributed by atoms with van der Waals surface area (Å²) in [6.07, 6.45) is 16.5. The summed E-state index contributed by atoms with van der Waals surface area (Å²) in [6, 6.07) is 0. The van der Waals surface area contributed by atoms with E-state index in [1.807, 2.05) is 6.08 Å². The molecular weight excluding hydrogens is 364 g/mol. The van der Waals surface area contributed by atoms with Crippen molar-refractivity contribution in [2.75, 3.05) is 0 Å². The summed E-state index contributed by atoms with van der Waals surface area (Å²) in [6.45, 7) is 4.39. The van der Waals surface area contributed by atoms with Crippen LogP contribution in [-0.2, 0) is 4.79 Å². The minimum Gasteiger partial charge on any atom is -0.481 e. The van der Waals surface area contributed by atoms with Crippen molar-refractivity contribution in [3.63, 3.8) is 0 Å². The molecule has 3 rings (SSSR count). The van der Waals surface area contributed by atoms with Gasteiger partial charge in [-0.3, -0.25) is 4.79 Å². The van der Waals surface area contributed by atoms with E-state index in [1.54, 1.807) is 0 Å². The molecule has 0 aliphatic heterocycles. The Labute approximate surface area is 176 Å². The maximum Gasteiger partial charge on any atom is 0.303 e. The molecular formula is C25H40O4. The maximum atomic E-state index is 10.9. The topological polar surface area (TPSA) is 77.8 Å². The van der Waals surface area contributed by atoms with Gasteiger partial charge in [0, 0.05) is 12.3 Å². The van der Waals surface area contributed by atoms with Gasteiger partial charge in [-0.2, -0.15) is 0 Å². The Morgan fingerprint density at radius 2 is 1.93 bits per heavy atom. The molecule has 0 unspecified atom stereocenters. The zero-order valence-corrected chi connectivity index (χ0v) is 18.2. The van der Waals surface area contributed by atoms with Gasteiger partial charge in [0.1, 0.15) is 0 Å². The molecule has 4 heteroatoms. The lowest BCUT2D eigenvalue weighted by molar-refractivity contribution is -0.137. The fourth-order valence-corrected chi connectivity index (χ4v) is 6.07. The second-order valence-corrected chi connectivity index (χ2v) is 10.3. The molecule has 0 bridgehead atoms. The van der Waals surface area contributed by atoms with E-state index in [0.29, 0.717) is 24.2 Å². The van der Waals surface area contributed by atoms with Gasteiger partial charge in [-0.05, 0) is 68.1 Å². The van der Waals surface area contributed by atoms with E-state index in [0.717, 1.165) is 25.7 Å². The van der Waals surface area contributed by atoms with Crippen molar-refractivity contribution in [1.82, 2.24) is 0 Å². The number of hydrogen-bond donors (Lipinski definition) is 3. The van der Waals surface area contributed by atoms with E-state index < -0.39 is 12.1 Å². The van der Waals surface area contributed by atoms with Crippen molar-refractivity contribution in [3.05, 3.63) is 23.8 Å². The average Bonchev–Trinajstić information content (AvgIpc) is 3.20. The van der Waals surface area contributed by atoms with E-state index >= 15 is 0 Å². The molecule has 5 atom stereocenters. The van der Waals surface area contributed by atoms with Crippen molar-refractivity contribution in [2.24, 2.45) is 29.1 Å². The smallest absolute Gasteiger partial charge is 0.303 e. The number of unbranched alkanes of at least 4 members (excludes halogenated alkanes) is 1. The third-order valence-corrected chi connectivity index (χ3v) is 8.07. The molecule has 0 saturated heterocycles. The lowest BCUT2D eigenvalue weighted by atomic mass is 9.68. The molecule has 164 valence electrons. The zero-order valence-electron chi connectivity index (χ0n) is 18.2. The molecule has 0 amide bonds. The van der Waals surface area contributed by atoms with Crippen molar-refractivity contribution in [2.45, 2.75) is 96.7 Å². The van der Waals surface area contributed by atoms with Crippen molar-refractivity contribution in [3.8, 4) is 0 Å². The highest BCUT2D eigenvalue weighted by atomic mass is 16.4. The van der Waals surface area contributed by atoms with Crippen LogP contribution in [0.1, 0.15) is 84.5 Å². The number of rotatable bonds is 8. The second kappa shape index (κ2) is 9.78. The normalized spacial score (nSPS) is 33.4. The molecule has 0 aromatic heterocycles. The zero-order chi connectivity index (χ0) is 21.0. The summed E-state index contributed by atoms with van der Waals surface area (Å²) in [7, 11) is 0. The highest BCUT2D eigenvalue weighted by molar-refractivity contribution is 5.66. The van der Waals surface area contributed by atoms with Crippen LogP contribution < -0.4 is 0 Å². The summed E-state index contributed by atoms with van der Waals surface area (Å²) in [5.41, 5.74) is 1.31. The first-order valence-electron chi connectivity index (χ1n) is 11.7. The van der Waals surface area contributed by atoms with Crippen LogP contribution in [0.4, 0.5) is 0 Å². The van der Waals surface area contributed by atoms with Gasteiger partial charge in [-0.15, -0.1) is 0 Å². The first-order chi connectivity index (χ1) is 13.8. The number of fused-ring (bicyclic) bond motifs is 1. The summed E-state index contributed by atoms with van der Waals surface area (Å²) in [4.78, 5) is 10.7. The molecule has 0 heterocycles. The van der Waals surface area contributed by atoms with Crippen LogP contribution in [0.2, 0.25) is 0 Å². The number of hydrogen-bond acceptors (Lipinski definition) is 3. The largest absolute Gasteiger partial charge is 0.481 e. The Kier molecular flexibility index (Phi) is 7.61. The van der Waals surface area contributed by atoms with Gasteiger partial charge < -0.3 is 15.3 Å². The quantitative estimate of drug-likeness (QED) is 0.388. The maximum absolute atomic E-state index is 10.9. The summed E-state index contributed by atoms with van der Waals surface area (Å²) < 4.78 is 0.